The molecule has 0 saturated heterocycles. The van der Waals surface area contributed by atoms with Crippen molar-refractivity contribution < 1.29 is 9.84 Å². The van der Waals surface area contributed by atoms with Crippen LogP contribution < -0.4 is 4.74 Å². The van der Waals surface area contributed by atoms with Crippen LogP contribution in [0.2, 0.25) is 0 Å². The molecule has 0 aromatic carbocycles. The summed E-state index contributed by atoms with van der Waals surface area (Å²) in [4.78, 5) is 0. The Morgan fingerprint density at radius 2 is 2.55 bits per heavy atom. The fourth-order valence-electron chi connectivity index (χ4n) is 0.776. The first-order valence-corrected chi connectivity index (χ1v) is 3.54. The molecule has 0 bridgehead atoms. The second-order valence-electron chi connectivity index (χ2n) is 2.25. The second-order valence-corrected chi connectivity index (χ2v) is 2.25. The number of methoxy groups -OCH3 is 1. The highest BCUT2D eigenvalue weighted by Gasteiger charge is 2.04. The van der Waals surface area contributed by atoms with Gasteiger partial charge in [0.2, 0.25) is 0 Å². The molecule has 1 aromatic rings. The Hall–Kier alpha value is -1.03. The Bertz CT molecular complexity index is 222. The largest absolute Gasteiger partial charge is 0.493 e. The normalized spacial score (nSPS) is 13.0. The van der Waals surface area contributed by atoms with Crippen LogP contribution in [0.15, 0.2) is 12.4 Å². The molecule has 1 rings (SSSR count). The molecule has 62 valence electrons. The van der Waals surface area contributed by atoms with Crippen LogP contribution in [0, 0.1) is 0 Å². The molecular formula is C7H12N2O2. The third-order valence-electron chi connectivity index (χ3n) is 1.48. The number of aliphatic hydroxyl groups is 1. The first-order chi connectivity index (χ1) is 5.27. The third-order valence-corrected chi connectivity index (χ3v) is 1.48. The summed E-state index contributed by atoms with van der Waals surface area (Å²) in [5.41, 5.74) is 0. The number of rotatable bonds is 3. The molecule has 4 heteroatoms. The number of ether oxygens (including phenoxy) is 1. The fourth-order valence-corrected chi connectivity index (χ4v) is 0.776. The van der Waals surface area contributed by atoms with Gasteiger partial charge in [-0.3, -0.25) is 0 Å². The summed E-state index contributed by atoms with van der Waals surface area (Å²) in [6.07, 6.45) is 3.33. The lowest BCUT2D eigenvalue weighted by Gasteiger charge is -2.05. The lowest BCUT2D eigenvalue weighted by molar-refractivity contribution is 0.0865. The zero-order valence-electron chi connectivity index (χ0n) is 6.69. The molecule has 1 N–H and O–H groups in total. The molecule has 0 saturated carbocycles. The SMILES string of the molecule is CCC(O)n1cc(OC)cn1. The van der Waals surface area contributed by atoms with Gasteiger partial charge < -0.3 is 9.84 Å². The average Bonchev–Trinajstić information content (AvgIpc) is 2.50. The van der Waals surface area contributed by atoms with E-state index < -0.39 is 6.23 Å². The van der Waals surface area contributed by atoms with E-state index in [-0.39, 0.29) is 0 Å². The van der Waals surface area contributed by atoms with E-state index in [2.05, 4.69) is 5.10 Å². The molecule has 1 heterocycles. The van der Waals surface area contributed by atoms with Crippen LogP contribution >= 0.6 is 0 Å². The molecule has 4 nitrogen and oxygen atoms in total. The monoisotopic (exact) mass is 156 g/mol. The quantitative estimate of drug-likeness (QED) is 0.703. The minimum absolute atomic E-state index is 0.543. The van der Waals surface area contributed by atoms with E-state index in [0.717, 1.165) is 0 Å². The lowest BCUT2D eigenvalue weighted by Crippen LogP contribution is -2.06. The number of aliphatic hydroxyl groups excluding tert-OH is 1. The molecule has 1 atom stereocenters. The third kappa shape index (κ3) is 1.71. The summed E-state index contributed by atoms with van der Waals surface area (Å²) >= 11 is 0. The smallest absolute Gasteiger partial charge is 0.156 e. The van der Waals surface area contributed by atoms with Crippen LogP contribution in [0.4, 0.5) is 0 Å². The predicted octanol–water partition coefficient (Wildman–Crippen LogP) is 0.793. The maximum absolute atomic E-state index is 9.28. The van der Waals surface area contributed by atoms with Gasteiger partial charge in [-0.05, 0) is 6.42 Å². The lowest BCUT2D eigenvalue weighted by atomic mass is 10.4. The summed E-state index contributed by atoms with van der Waals surface area (Å²) in [7, 11) is 1.57. The minimum Gasteiger partial charge on any atom is -0.493 e. The highest BCUT2D eigenvalue weighted by atomic mass is 16.5. The Labute approximate surface area is 65.4 Å². The van der Waals surface area contributed by atoms with E-state index >= 15 is 0 Å². The number of nitrogens with zero attached hydrogens (tertiary/aromatic N) is 2. The summed E-state index contributed by atoms with van der Waals surface area (Å²) < 4.78 is 6.37. The predicted molar refractivity (Wildman–Crippen MR) is 40.3 cm³/mol. The molecule has 0 aliphatic carbocycles. The van der Waals surface area contributed by atoms with Crippen molar-refractivity contribution in [3.8, 4) is 5.75 Å². The van der Waals surface area contributed by atoms with E-state index in [1.807, 2.05) is 6.92 Å². The number of aromatic nitrogens is 2. The van der Waals surface area contributed by atoms with Gasteiger partial charge in [0.15, 0.2) is 5.75 Å². The molecule has 0 fully saturated rings. The van der Waals surface area contributed by atoms with E-state index in [4.69, 9.17) is 4.74 Å². The zero-order chi connectivity index (χ0) is 8.27. The summed E-state index contributed by atoms with van der Waals surface area (Å²) in [6.45, 7) is 1.89. The topological polar surface area (TPSA) is 47.3 Å². The van der Waals surface area contributed by atoms with Crippen molar-refractivity contribution in [3.63, 3.8) is 0 Å². The van der Waals surface area contributed by atoms with Gasteiger partial charge in [-0.1, -0.05) is 6.92 Å². The van der Waals surface area contributed by atoms with Crippen LogP contribution in [0.3, 0.4) is 0 Å². The Kier molecular flexibility index (Phi) is 2.48. The highest BCUT2D eigenvalue weighted by molar-refractivity contribution is 5.11. The van der Waals surface area contributed by atoms with Crippen LogP contribution in [0.25, 0.3) is 0 Å². The Morgan fingerprint density at radius 3 is 3.00 bits per heavy atom. The Balaban J connectivity index is 2.71. The molecular weight excluding hydrogens is 144 g/mol. The molecule has 0 aliphatic rings. The van der Waals surface area contributed by atoms with Crippen LogP contribution in [0.5, 0.6) is 5.75 Å². The van der Waals surface area contributed by atoms with Crippen LogP contribution in [-0.2, 0) is 0 Å². The number of hydrogen-bond acceptors (Lipinski definition) is 3. The van der Waals surface area contributed by atoms with Gasteiger partial charge >= 0.3 is 0 Å². The molecule has 0 aliphatic heterocycles. The van der Waals surface area contributed by atoms with Crippen LogP contribution in [-0.4, -0.2) is 22.0 Å². The van der Waals surface area contributed by atoms with Crippen molar-refractivity contribution in [2.45, 2.75) is 19.6 Å². The van der Waals surface area contributed by atoms with Gasteiger partial charge in [0.05, 0.1) is 19.5 Å². The summed E-state index contributed by atoms with van der Waals surface area (Å²) in [5, 5.41) is 13.2. The van der Waals surface area contributed by atoms with Gasteiger partial charge in [-0.2, -0.15) is 5.10 Å². The first kappa shape index (κ1) is 8.07. The van der Waals surface area contributed by atoms with Crippen molar-refractivity contribution in [3.05, 3.63) is 12.4 Å². The summed E-state index contributed by atoms with van der Waals surface area (Å²) in [6, 6.07) is 0. The van der Waals surface area contributed by atoms with Crippen molar-refractivity contribution in [2.24, 2.45) is 0 Å². The van der Waals surface area contributed by atoms with Crippen molar-refractivity contribution in [1.29, 1.82) is 0 Å². The van der Waals surface area contributed by atoms with Crippen LogP contribution in [0.1, 0.15) is 19.6 Å². The maximum Gasteiger partial charge on any atom is 0.156 e. The summed E-state index contributed by atoms with van der Waals surface area (Å²) in [5.74, 6) is 0.664. The minimum atomic E-state index is -0.543. The van der Waals surface area contributed by atoms with Gasteiger partial charge in [0.25, 0.3) is 0 Å². The molecule has 11 heavy (non-hydrogen) atoms. The van der Waals surface area contributed by atoms with Crippen molar-refractivity contribution >= 4 is 0 Å². The van der Waals surface area contributed by atoms with E-state index in [9.17, 15) is 5.11 Å². The van der Waals surface area contributed by atoms with Gasteiger partial charge in [0.1, 0.15) is 6.23 Å². The second kappa shape index (κ2) is 3.39. The van der Waals surface area contributed by atoms with Gasteiger partial charge in [-0.25, -0.2) is 4.68 Å². The van der Waals surface area contributed by atoms with E-state index in [1.54, 1.807) is 19.5 Å². The standard InChI is InChI=1S/C7H12N2O2/c1-3-7(10)9-5-6(11-2)4-8-9/h4-5,7,10H,3H2,1-2H3. The van der Waals surface area contributed by atoms with Gasteiger partial charge in [0, 0.05) is 0 Å². The molecule has 0 spiro atoms. The zero-order valence-corrected chi connectivity index (χ0v) is 6.69. The maximum atomic E-state index is 9.28. The number of hydrogen-bond donors (Lipinski definition) is 1. The molecule has 0 radical (unpaired) electrons. The van der Waals surface area contributed by atoms with E-state index in [0.29, 0.717) is 12.2 Å². The van der Waals surface area contributed by atoms with E-state index in [1.165, 1.54) is 4.68 Å². The molecule has 1 unspecified atom stereocenters. The highest BCUT2D eigenvalue weighted by Crippen LogP contribution is 2.12. The van der Waals surface area contributed by atoms with Gasteiger partial charge in [-0.15, -0.1) is 0 Å². The first-order valence-electron chi connectivity index (χ1n) is 3.54. The Morgan fingerprint density at radius 1 is 1.82 bits per heavy atom. The van der Waals surface area contributed by atoms with Crippen molar-refractivity contribution in [2.75, 3.05) is 7.11 Å². The molecule has 1 aromatic heterocycles. The fraction of sp³-hybridized carbons (Fsp3) is 0.571. The average molecular weight is 156 g/mol. The molecule has 0 amide bonds. The van der Waals surface area contributed by atoms with Crippen molar-refractivity contribution in [1.82, 2.24) is 9.78 Å².